The number of benzene rings is 1. The molecule has 0 amide bonds. The van der Waals surface area contributed by atoms with E-state index in [1.54, 1.807) is 0 Å². The fraction of sp³-hybridized carbons (Fsp3) is 0.500. The van der Waals surface area contributed by atoms with Crippen molar-refractivity contribution in [2.45, 2.75) is 6.92 Å². The number of halogens is 2. The molecule has 0 bridgehead atoms. The summed E-state index contributed by atoms with van der Waals surface area (Å²) in [6.45, 7) is 4.80. The van der Waals surface area contributed by atoms with Crippen molar-refractivity contribution in [1.29, 1.82) is 0 Å². The van der Waals surface area contributed by atoms with Gasteiger partial charge in [-0.25, -0.2) is 4.39 Å². The third-order valence-electron chi connectivity index (χ3n) is 2.08. The van der Waals surface area contributed by atoms with Crippen molar-refractivity contribution in [2.24, 2.45) is 0 Å². The average molecular weight is 245 g/mol. The van der Waals surface area contributed by atoms with Crippen LogP contribution < -0.4 is 10.1 Å². The van der Waals surface area contributed by atoms with Crippen LogP contribution >= 0.6 is 0 Å². The molecule has 0 unspecified atom stereocenters. The van der Waals surface area contributed by atoms with Crippen LogP contribution in [0.2, 0.25) is 0 Å². The van der Waals surface area contributed by atoms with E-state index in [2.05, 4.69) is 5.32 Å². The summed E-state index contributed by atoms with van der Waals surface area (Å²) in [6.07, 6.45) is 0. The van der Waals surface area contributed by atoms with Gasteiger partial charge in [0.15, 0.2) is 11.6 Å². The van der Waals surface area contributed by atoms with Crippen molar-refractivity contribution < 1.29 is 18.3 Å². The Bertz CT molecular complexity index is 334. The number of hydrogen-bond donors (Lipinski definition) is 1. The lowest BCUT2D eigenvalue weighted by molar-refractivity contribution is 0.148. The molecular weight excluding hydrogens is 228 g/mol. The number of nitrogens with one attached hydrogen (secondary N) is 1. The summed E-state index contributed by atoms with van der Waals surface area (Å²) < 4.78 is 36.2. The Labute approximate surface area is 99.7 Å². The van der Waals surface area contributed by atoms with Gasteiger partial charge in [-0.05, 0) is 19.1 Å². The summed E-state index contributed by atoms with van der Waals surface area (Å²) in [5, 5.41) is 3.06. The Balaban J connectivity index is 2.16. The molecule has 5 heteroatoms. The van der Waals surface area contributed by atoms with Crippen LogP contribution in [0, 0.1) is 11.6 Å². The summed E-state index contributed by atoms with van der Waals surface area (Å²) >= 11 is 0. The second-order valence-electron chi connectivity index (χ2n) is 3.35. The third kappa shape index (κ3) is 5.10. The zero-order valence-electron chi connectivity index (χ0n) is 9.84. The van der Waals surface area contributed by atoms with E-state index in [1.807, 2.05) is 6.92 Å². The normalized spacial score (nSPS) is 10.5. The van der Waals surface area contributed by atoms with Crippen LogP contribution in [0.1, 0.15) is 6.92 Å². The molecular formula is C12H17F2NO2. The summed E-state index contributed by atoms with van der Waals surface area (Å²) in [5.41, 5.74) is 0. The maximum atomic E-state index is 13.1. The molecule has 0 aromatic heterocycles. The minimum absolute atomic E-state index is 0.0587. The molecule has 0 heterocycles. The van der Waals surface area contributed by atoms with Gasteiger partial charge in [-0.15, -0.1) is 0 Å². The van der Waals surface area contributed by atoms with Gasteiger partial charge in [-0.3, -0.25) is 0 Å². The first-order chi connectivity index (χ1) is 8.25. The van der Waals surface area contributed by atoms with Crippen molar-refractivity contribution >= 4 is 0 Å². The Morgan fingerprint density at radius 3 is 2.71 bits per heavy atom. The molecule has 1 N–H and O–H groups in total. The lowest BCUT2D eigenvalue weighted by Gasteiger charge is -2.08. The molecule has 0 saturated heterocycles. The van der Waals surface area contributed by atoms with E-state index in [4.69, 9.17) is 9.47 Å². The smallest absolute Gasteiger partial charge is 0.200 e. The first-order valence-electron chi connectivity index (χ1n) is 5.61. The molecule has 0 spiro atoms. The molecule has 0 aliphatic carbocycles. The van der Waals surface area contributed by atoms with Crippen LogP contribution in [0.15, 0.2) is 18.2 Å². The van der Waals surface area contributed by atoms with Gasteiger partial charge in [0.05, 0.1) is 6.61 Å². The van der Waals surface area contributed by atoms with Crippen molar-refractivity contribution in [1.82, 2.24) is 5.32 Å². The maximum absolute atomic E-state index is 13.1. The van der Waals surface area contributed by atoms with Crippen molar-refractivity contribution in [2.75, 3.05) is 32.9 Å². The zero-order chi connectivity index (χ0) is 12.5. The first-order valence-corrected chi connectivity index (χ1v) is 5.61. The van der Waals surface area contributed by atoms with Crippen molar-refractivity contribution in [3.05, 3.63) is 29.8 Å². The zero-order valence-corrected chi connectivity index (χ0v) is 9.84. The van der Waals surface area contributed by atoms with Gasteiger partial charge >= 0.3 is 0 Å². The molecule has 0 aliphatic rings. The van der Waals surface area contributed by atoms with Gasteiger partial charge in [0.1, 0.15) is 6.61 Å². The van der Waals surface area contributed by atoms with Crippen LogP contribution in [0.3, 0.4) is 0 Å². The van der Waals surface area contributed by atoms with E-state index in [9.17, 15) is 8.78 Å². The van der Waals surface area contributed by atoms with Crippen LogP contribution in [0.4, 0.5) is 8.78 Å². The second-order valence-corrected chi connectivity index (χ2v) is 3.35. The standard InChI is InChI=1S/C12H17F2NO2/c1-2-16-8-6-15-7-9-17-11-5-3-4-10(13)12(11)14/h3-5,15H,2,6-9H2,1H3. The minimum Gasteiger partial charge on any atom is -0.489 e. The van der Waals surface area contributed by atoms with Gasteiger partial charge in [0.2, 0.25) is 5.82 Å². The SMILES string of the molecule is CCOCCNCCOc1cccc(F)c1F. The highest BCUT2D eigenvalue weighted by atomic mass is 19.2. The van der Waals surface area contributed by atoms with E-state index in [0.717, 1.165) is 6.07 Å². The fourth-order valence-electron chi connectivity index (χ4n) is 1.24. The topological polar surface area (TPSA) is 30.5 Å². The Morgan fingerprint density at radius 1 is 1.18 bits per heavy atom. The van der Waals surface area contributed by atoms with E-state index < -0.39 is 11.6 Å². The van der Waals surface area contributed by atoms with Gasteiger partial charge in [-0.2, -0.15) is 4.39 Å². The molecule has 1 aromatic rings. The average Bonchev–Trinajstić information content (AvgIpc) is 2.33. The molecule has 1 aromatic carbocycles. The lowest BCUT2D eigenvalue weighted by atomic mass is 10.3. The van der Waals surface area contributed by atoms with E-state index in [0.29, 0.717) is 26.3 Å². The van der Waals surface area contributed by atoms with Crippen LogP contribution in [-0.4, -0.2) is 32.9 Å². The fourth-order valence-corrected chi connectivity index (χ4v) is 1.24. The Kier molecular flexibility index (Phi) is 6.50. The highest BCUT2D eigenvalue weighted by molar-refractivity contribution is 5.24. The predicted octanol–water partition coefficient (Wildman–Crippen LogP) is 1.97. The summed E-state index contributed by atoms with van der Waals surface area (Å²) in [4.78, 5) is 0. The summed E-state index contributed by atoms with van der Waals surface area (Å²) in [7, 11) is 0. The van der Waals surface area contributed by atoms with Crippen LogP contribution in [0.5, 0.6) is 5.75 Å². The van der Waals surface area contributed by atoms with E-state index in [-0.39, 0.29) is 12.4 Å². The molecule has 0 atom stereocenters. The predicted molar refractivity (Wildman–Crippen MR) is 61.2 cm³/mol. The van der Waals surface area contributed by atoms with Gasteiger partial charge in [0.25, 0.3) is 0 Å². The largest absolute Gasteiger partial charge is 0.489 e. The molecule has 0 aliphatic heterocycles. The highest BCUT2D eigenvalue weighted by Gasteiger charge is 2.07. The van der Waals surface area contributed by atoms with Gasteiger partial charge in [-0.1, -0.05) is 6.07 Å². The number of rotatable bonds is 8. The monoisotopic (exact) mass is 245 g/mol. The van der Waals surface area contributed by atoms with E-state index in [1.165, 1.54) is 12.1 Å². The molecule has 0 fully saturated rings. The first kappa shape index (κ1) is 13.9. The summed E-state index contributed by atoms with van der Waals surface area (Å²) in [6, 6.07) is 3.87. The molecule has 1 rings (SSSR count). The number of ether oxygens (including phenoxy) is 2. The highest BCUT2D eigenvalue weighted by Crippen LogP contribution is 2.18. The van der Waals surface area contributed by atoms with Crippen LogP contribution in [0.25, 0.3) is 0 Å². The van der Waals surface area contributed by atoms with Gasteiger partial charge in [0, 0.05) is 19.7 Å². The van der Waals surface area contributed by atoms with Crippen LogP contribution in [-0.2, 0) is 4.74 Å². The molecule has 0 saturated carbocycles. The lowest BCUT2D eigenvalue weighted by Crippen LogP contribution is -2.25. The quantitative estimate of drug-likeness (QED) is 0.710. The molecule has 96 valence electrons. The minimum atomic E-state index is -0.943. The summed E-state index contributed by atoms with van der Waals surface area (Å²) in [5.74, 6) is -1.90. The Morgan fingerprint density at radius 2 is 1.94 bits per heavy atom. The molecule has 3 nitrogen and oxygen atoms in total. The molecule has 17 heavy (non-hydrogen) atoms. The van der Waals surface area contributed by atoms with Gasteiger partial charge < -0.3 is 14.8 Å². The third-order valence-corrected chi connectivity index (χ3v) is 2.08. The second kappa shape index (κ2) is 7.97. The molecule has 0 radical (unpaired) electrons. The van der Waals surface area contributed by atoms with E-state index >= 15 is 0 Å². The Hall–Kier alpha value is -1.20. The number of hydrogen-bond acceptors (Lipinski definition) is 3. The maximum Gasteiger partial charge on any atom is 0.200 e. The van der Waals surface area contributed by atoms with Crippen molar-refractivity contribution in [3.8, 4) is 5.75 Å². The van der Waals surface area contributed by atoms with Crippen molar-refractivity contribution in [3.63, 3.8) is 0 Å².